The summed E-state index contributed by atoms with van der Waals surface area (Å²) in [6.07, 6.45) is 1.82. The Morgan fingerprint density at radius 2 is 1.33 bits per heavy atom. The topological polar surface area (TPSA) is 25.8 Å². The average molecular weight is 491 g/mol. The van der Waals surface area contributed by atoms with Gasteiger partial charge in [0.1, 0.15) is 0 Å². The first kappa shape index (κ1) is 18.1. The van der Waals surface area contributed by atoms with Crippen LogP contribution in [0.25, 0.3) is 44.2 Å². The predicted molar refractivity (Wildman–Crippen MR) is 108 cm³/mol. The molecule has 0 saturated heterocycles. The van der Waals surface area contributed by atoms with Crippen molar-refractivity contribution in [1.82, 2.24) is 9.97 Å². The van der Waals surface area contributed by atoms with E-state index in [-0.39, 0.29) is 38.6 Å². The number of benzene rings is 3. The molecule has 0 saturated carbocycles. The second kappa shape index (κ2) is 7.79. The Balaban J connectivity index is 0.00000180. The third kappa shape index (κ3) is 3.37. The second-order valence-electron chi connectivity index (χ2n) is 6.32. The van der Waals surface area contributed by atoms with Gasteiger partial charge in [-0.3, -0.25) is 4.98 Å². The first-order chi connectivity index (χ1) is 12.9. The molecular formula is C24H16N2Tb. The van der Waals surface area contributed by atoms with E-state index in [1.165, 1.54) is 5.56 Å². The van der Waals surface area contributed by atoms with Crippen molar-refractivity contribution in [1.29, 1.82) is 0 Å². The molecule has 0 aliphatic heterocycles. The molecule has 3 heteroatoms. The Kier molecular flexibility index (Phi) is 5.23. The van der Waals surface area contributed by atoms with Gasteiger partial charge in [0.05, 0.1) is 16.7 Å². The van der Waals surface area contributed by atoms with Crippen LogP contribution in [-0.4, -0.2) is 9.97 Å². The minimum Gasteiger partial charge on any atom is -0.256 e. The zero-order valence-electron chi connectivity index (χ0n) is 14.5. The van der Waals surface area contributed by atoms with Crippen LogP contribution >= 0.6 is 0 Å². The molecule has 2 heterocycles. The normalized spacial score (nSPS) is 10.7. The monoisotopic (exact) mass is 491 g/mol. The molecule has 0 aliphatic carbocycles. The van der Waals surface area contributed by atoms with E-state index in [0.717, 1.165) is 38.6 Å². The number of hydrogen-bond acceptors (Lipinski definition) is 2. The van der Waals surface area contributed by atoms with Gasteiger partial charge in [0.2, 0.25) is 0 Å². The fraction of sp³-hybridized carbons (Fsp3) is 0. The van der Waals surface area contributed by atoms with Crippen LogP contribution in [0.1, 0.15) is 0 Å². The molecule has 0 bridgehead atoms. The van der Waals surface area contributed by atoms with E-state index in [9.17, 15) is 0 Å². The van der Waals surface area contributed by atoms with Crippen molar-refractivity contribution >= 4 is 21.8 Å². The molecule has 0 atom stereocenters. The van der Waals surface area contributed by atoms with Gasteiger partial charge in [-0.25, -0.2) is 4.98 Å². The van der Waals surface area contributed by atoms with Crippen LogP contribution in [0.4, 0.5) is 0 Å². The molecule has 0 aliphatic rings. The van der Waals surface area contributed by atoms with Crippen molar-refractivity contribution in [3.63, 3.8) is 0 Å². The first-order valence-electron chi connectivity index (χ1n) is 8.69. The van der Waals surface area contributed by atoms with Crippen molar-refractivity contribution in [3.05, 3.63) is 97.2 Å². The summed E-state index contributed by atoms with van der Waals surface area (Å²) in [7, 11) is 0. The Bertz CT molecular complexity index is 1220. The Hall–Kier alpha value is -2.23. The van der Waals surface area contributed by atoms with Gasteiger partial charge in [-0.2, -0.15) is 0 Å². The van der Waals surface area contributed by atoms with Crippen LogP contribution in [0.2, 0.25) is 0 Å². The summed E-state index contributed by atoms with van der Waals surface area (Å²) >= 11 is 0. The third-order valence-corrected chi connectivity index (χ3v) is 4.70. The number of aromatic nitrogens is 2. The molecule has 3 aromatic carbocycles. The van der Waals surface area contributed by atoms with E-state index in [0.29, 0.717) is 0 Å². The number of pyridine rings is 2. The van der Waals surface area contributed by atoms with Crippen molar-refractivity contribution in [2.45, 2.75) is 0 Å². The van der Waals surface area contributed by atoms with Crippen molar-refractivity contribution in [3.8, 4) is 22.4 Å². The minimum atomic E-state index is 0. The number of nitrogens with zero attached hydrogens (tertiary/aromatic N) is 2. The van der Waals surface area contributed by atoms with E-state index in [1.807, 2.05) is 24.4 Å². The van der Waals surface area contributed by atoms with E-state index in [1.54, 1.807) is 0 Å². The van der Waals surface area contributed by atoms with Crippen LogP contribution in [0, 0.1) is 38.6 Å². The minimum absolute atomic E-state index is 0. The Morgan fingerprint density at radius 1 is 0.630 bits per heavy atom. The molecular weight excluding hydrogens is 475 g/mol. The molecule has 0 fully saturated rings. The molecule has 1 radical (unpaired) electrons. The number of hydrogen-bond donors (Lipinski definition) is 0. The predicted octanol–water partition coefficient (Wildman–Crippen LogP) is 6.12. The molecule has 131 valence electrons. The number of rotatable bonds is 2. The van der Waals surface area contributed by atoms with Gasteiger partial charge in [0.25, 0.3) is 0 Å². The van der Waals surface area contributed by atoms with E-state index in [4.69, 9.17) is 4.98 Å². The molecule has 2 aromatic heterocycles. The zero-order valence-corrected chi connectivity index (χ0v) is 16.6. The SMILES string of the molecule is [Tb].c1ccc(-c2cc3ccc4ncccc4c3nc2-c2ccccc2)cc1. The summed E-state index contributed by atoms with van der Waals surface area (Å²) in [6.45, 7) is 0. The molecule has 0 amide bonds. The van der Waals surface area contributed by atoms with Gasteiger partial charge < -0.3 is 0 Å². The quantitative estimate of drug-likeness (QED) is 0.278. The molecule has 0 N–H and O–H groups in total. The molecule has 0 unspecified atom stereocenters. The van der Waals surface area contributed by atoms with Gasteiger partial charge in [-0.15, -0.1) is 0 Å². The maximum atomic E-state index is 5.11. The Morgan fingerprint density at radius 3 is 2.07 bits per heavy atom. The van der Waals surface area contributed by atoms with E-state index in [2.05, 4.69) is 77.8 Å². The van der Waals surface area contributed by atoms with Crippen LogP contribution in [0.5, 0.6) is 0 Å². The fourth-order valence-corrected chi connectivity index (χ4v) is 3.44. The Labute approximate surface area is 188 Å². The van der Waals surface area contributed by atoms with E-state index >= 15 is 0 Å². The van der Waals surface area contributed by atoms with Crippen LogP contribution in [0.15, 0.2) is 97.2 Å². The first-order valence-corrected chi connectivity index (χ1v) is 8.69. The summed E-state index contributed by atoms with van der Waals surface area (Å²) < 4.78 is 0. The van der Waals surface area contributed by atoms with Crippen molar-refractivity contribution in [2.24, 2.45) is 0 Å². The second-order valence-corrected chi connectivity index (χ2v) is 6.32. The van der Waals surface area contributed by atoms with Crippen molar-refractivity contribution < 1.29 is 38.6 Å². The molecule has 0 spiro atoms. The average Bonchev–Trinajstić information content (AvgIpc) is 2.74. The zero-order chi connectivity index (χ0) is 17.3. The summed E-state index contributed by atoms with van der Waals surface area (Å²) in [4.78, 5) is 9.58. The largest absolute Gasteiger partial charge is 0.256 e. The van der Waals surface area contributed by atoms with Gasteiger partial charge in [-0.05, 0) is 29.8 Å². The molecule has 27 heavy (non-hydrogen) atoms. The van der Waals surface area contributed by atoms with Crippen LogP contribution in [-0.2, 0) is 0 Å². The molecule has 2 nitrogen and oxygen atoms in total. The van der Waals surface area contributed by atoms with Gasteiger partial charge in [0, 0.05) is 66.7 Å². The summed E-state index contributed by atoms with van der Waals surface area (Å²) in [5, 5.41) is 2.21. The van der Waals surface area contributed by atoms with Crippen LogP contribution in [0.3, 0.4) is 0 Å². The van der Waals surface area contributed by atoms with Gasteiger partial charge >= 0.3 is 0 Å². The summed E-state index contributed by atoms with van der Waals surface area (Å²) in [6, 6.07) is 31.3. The molecule has 5 aromatic rings. The van der Waals surface area contributed by atoms with Crippen LogP contribution < -0.4 is 0 Å². The smallest absolute Gasteiger partial charge is 0.0804 e. The maximum Gasteiger partial charge on any atom is 0.0804 e. The maximum absolute atomic E-state index is 5.11. The summed E-state index contributed by atoms with van der Waals surface area (Å²) in [5.41, 5.74) is 6.41. The van der Waals surface area contributed by atoms with E-state index < -0.39 is 0 Å². The van der Waals surface area contributed by atoms with Gasteiger partial charge in [-0.1, -0.05) is 66.7 Å². The number of fused-ring (bicyclic) bond motifs is 3. The standard InChI is InChI=1S/C24H16N2.Tb/c1-3-8-17(9-4-1)21-16-19-13-14-22-20(12-7-15-25-22)24(19)26-23(21)18-10-5-2-6-11-18;/h1-16H;. The molecule has 5 rings (SSSR count). The van der Waals surface area contributed by atoms with Crippen molar-refractivity contribution in [2.75, 3.05) is 0 Å². The van der Waals surface area contributed by atoms with Gasteiger partial charge in [0.15, 0.2) is 0 Å². The fourth-order valence-electron chi connectivity index (χ4n) is 3.44. The third-order valence-electron chi connectivity index (χ3n) is 4.70. The summed E-state index contributed by atoms with van der Waals surface area (Å²) in [5.74, 6) is 0.